The number of hydrogen-bond acceptors (Lipinski definition) is 4. The lowest BCUT2D eigenvalue weighted by molar-refractivity contribution is -0.384. The lowest BCUT2D eigenvalue weighted by atomic mass is 10.1. The van der Waals surface area contributed by atoms with Crippen molar-refractivity contribution in [3.05, 3.63) is 39.9 Å². The van der Waals surface area contributed by atoms with Crippen molar-refractivity contribution in [2.45, 2.75) is 38.3 Å². The molecule has 0 radical (unpaired) electrons. The molecule has 2 rings (SSSR count). The van der Waals surface area contributed by atoms with Gasteiger partial charge in [0.2, 0.25) is 0 Å². The van der Waals surface area contributed by atoms with Crippen LogP contribution in [0.4, 0.5) is 5.69 Å². The molecule has 0 bridgehead atoms. The van der Waals surface area contributed by atoms with E-state index in [1.807, 2.05) is 0 Å². The largest absolute Gasteiger partial charge is 0.378 e. The first kappa shape index (κ1) is 14.0. The number of nitrogens with one attached hydrogen (secondary N) is 1. The van der Waals surface area contributed by atoms with Gasteiger partial charge in [-0.25, -0.2) is 0 Å². The molecule has 1 fully saturated rings. The highest BCUT2D eigenvalue weighted by atomic mass is 16.6. The molecule has 5 nitrogen and oxygen atoms in total. The van der Waals surface area contributed by atoms with Crippen molar-refractivity contribution >= 4 is 5.69 Å². The lowest BCUT2D eigenvalue weighted by Crippen LogP contribution is -2.16. The molecule has 1 aliphatic rings. The normalized spacial score (nSPS) is 18.6. The summed E-state index contributed by atoms with van der Waals surface area (Å²) in [6, 6.07) is 6.68. The van der Waals surface area contributed by atoms with Gasteiger partial charge >= 0.3 is 0 Å². The van der Waals surface area contributed by atoms with Crippen LogP contribution in [0.2, 0.25) is 0 Å². The zero-order valence-corrected chi connectivity index (χ0v) is 11.0. The van der Waals surface area contributed by atoms with Gasteiger partial charge in [-0.05, 0) is 37.8 Å². The van der Waals surface area contributed by atoms with Crippen LogP contribution in [-0.2, 0) is 11.3 Å². The highest BCUT2D eigenvalue weighted by molar-refractivity contribution is 5.32. The first-order valence-electron chi connectivity index (χ1n) is 6.81. The predicted molar refractivity (Wildman–Crippen MR) is 73.0 cm³/mol. The van der Waals surface area contributed by atoms with Crippen molar-refractivity contribution in [1.29, 1.82) is 0 Å². The zero-order valence-electron chi connectivity index (χ0n) is 11.0. The maximum atomic E-state index is 10.5. The second-order valence-corrected chi connectivity index (χ2v) is 4.88. The van der Waals surface area contributed by atoms with Gasteiger partial charge in [-0.15, -0.1) is 0 Å². The topological polar surface area (TPSA) is 64.4 Å². The van der Waals surface area contributed by atoms with Gasteiger partial charge in [-0.2, -0.15) is 0 Å². The molecule has 104 valence electrons. The van der Waals surface area contributed by atoms with Gasteiger partial charge in [-0.3, -0.25) is 10.1 Å². The van der Waals surface area contributed by atoms with Crippen LogP contribution in [0.5, 0.6) is 0 Å². The minimum atomic E-state index is -0.376. The SMILES string of the molecule is O=[N+]([O-])c1ccc(CNCCCC2CCCO2)cc1. The number of nitro groups is 1. The van der Waals surface area contributed by atoms with Crippen LogP contribution in [0, 0.1) is 10.1 Å². The number of hydrogen-bond donors (Lipinski definition) is 1. The van der Waals surface area contributed by atoms with Gasteiger partial charge in [0.25, 0.3) is 5.69 Å². The maximum Gasteiger partial charge on any atom is 0.269 e. The Hall–Kier alpha value is -1.46. The lowest BCUT2D eigenvalue weighted by Gasteiger charge is -2.09. The van der Waals surface area contributed by atoms with Crippen LogP contribution < -0.4 is 5.32 Å². The fraction of sp³-hybridized carbons (Fsp3) is 0.571. The van der Waals surface area contributed by atoms with Crippen molar-refractivity contribution in [2.75, 3.05) is 13.2 Å². The number of rotatable bonds is 7. The van der Waals surface area contributed by atoms with Crippen LogP contribution >= 0.6 is 0 Å². The average Bonchev–Trinajstić information content (AvgIpc) is 2.92. The van der Waals surface area contributed by atoms with E-state index in [1.54, 1.807) is 24.3 Å². The van der Waals surface area contributed by atoms with Gasteiger partial charge in [-0.1, -0.05) is 12.1 Å². The fourth-order valence-electron chi connectivity index (χ4n) is 2.29. The Balaban J connectivity index is 1.61. The highest BCUT2D eigenvalue weighted by Crippen LogP contribution is 2.16. The molecule has 1 atom stereocenters. The van der Waals surface area contributed by atoms with E-state index >= 15 is 0 Å². The zero-order chi connectivity index (χ0) is 13.5. The molecular formula is C14H20N2O3. The standard InChI is InChI=1S/C14H20N2O3/c17-16(18)13-7-5-12(6-8-13)11-15-9-1-3-14-4-2-10-19-14/h5-8,14-15H,1-4,9-11H2. The van der Waals surface area contributed by atoms with E-state index in [2.05, 4.69) is 5.32 Å². The molecule has 0 spiro atoms. The Bertz CT molecular complexity index is 400. The quantitative estimate of drug-likeness (QED) is 0.467. The van der Waals surface area contributed by atoms with Gasteiger partial charge in [0.05, 0.1) is 11.0 Å². The average molecular weight is 264 g/mol. The van der Waals surface area contributed by atoms with E-state index in [1.165, 1.54) is 12.8 Å². The summed E-state index contributed by atoms with van der Waals surface area (Å²) in [5.41, 5.74) is 1.21. The Morgan fingerprint density at radius 3 is 2.79 bits per heavy atom. The van der Waals surface area contributed by atoms with Gasteiger partial charge < -0.3 is 10.1 Å². The summed E-state index contributed by atoms with van der Waals surface area (Å²) in [7, 11) is 0. The number of nitrogens with zero attached hydrogens (tertiary/aromatic N) is 1. The van der Waals surface area contributed by atoms with Gasteiger partial charge in [0, 0.05) is 25.3 Å². The minimum absolute atomic E-state index is 0.141. The molecule has 0 saturated carbocycles. The number of benzene rings is 1. The molecule has 1 aromatic carbocycles. The van der Waals surface area contributed by atoms with Crippen LogP contribution in [0.3, 0.4) is 0 Å². The van der Waals surface area contributed by atoms with Gasteiger partial charge in [0.1, 0.15) is 0 Å². The second kappa shape index (κ2) is 7.21. The third-order valence-electron chi connectivity index (χ3n) is 3.38. The first-order valence-corrected chi connectivity index (χ1v) is 6.81. The van der Waals surface area contributed by atoms with E-state index in [4.69, 9.17) is 4.74 Å². The molecule has 1 heterocycles. The summed E-state index contributed by atoms with van der Waals surface area (Å²) in [5.74, 6) is 0. The highest BCUT2D eigenvalue weighted by Gasteiger charge is 2.14. The van der Waals surface area contributed by atoms with Gasteiger partial charge in [0.15, 0.2) is 0 Å². The van der Waals surface area contributed by atoms with E-state index < -0.39 is 0 Å². The third-order valence-corrected chi connectivity index (χ3v) is 3.38. The summed E-state index contributed by atoms with van der Waals surface area (Å²) in [5, 5.41) is 13.9. The predicted octanol–water partition coefficient (Wildman–Crippen LogP) is 2.64. The number of ether oxygens (including phenoxy) is 1. The van der Waals surface area contributed by atoms with E-state index in [-0.39, 0.29) is 10.6 Å². The molecule has 0 aromatic heterocycles. The molecule has 1 N–H and O–H groups in total. The van der Waals surface area contributed by atoms with Crippen molar-refractivity contribution in [2.24, 2.45) is 0 Å². The van der Waals surface area contributed by atoms with E-state index in [0.29, 0.717) is 6.10 Å². The van der Waals surface area contributed by atoms with Crippen molar-refractivity contribution < 1.29 is 9.66 Å². The summed E-state index contributed by atoms with van der Waals surface area (Å²) in [6.07, 6.45) is 5.08. The Kier molecular flexibility index (Phi) is 5.30. The molecule has 19 heavy (non-hydrogen) atoms. The Morgan fingerprint density at radius 2 is 2.16 bits per heavy atom. The van der Waals surface area contributed by atoms with Crippen molar-refractivity contribution in [1.82, 2.24) is 5.32 Å². The molecule has 1 aromatic rings. The van der Waals surface area contributed by atoms with Crippen LogP contribution in [0.25, 0.3) is 0 Å². The van der Waals surface area contributed by atoms with Crippen LogP contribution in [0.15, 0.2) is 24.3 Å². The number of non-ortho nitro benzene ring substituents is 1. The smallest absolute Gasteiger partial charge is 0.269 e. The summed E-state index contributed by atoms with van der Waals surface area (Å²) < 4.78 is 5.56. The summed E-state index contributed by atoms with van der Waals surface area (Å²) in [6.45, 7) is 2.63. The molecule has 1 saturated heterocycles. The van der Waals surface area contributed by atoms with E-state index in [0.717, 1.165) is 38.1 Å². The summed E-state index contributed by atoms with van der Waals surface area (Å²) >= 11 is 0. The molecule has 1 unspecified atom stereocenters. The van der Waals surface area contributed by atoms with Crippen LogP contribution in [0.1, 0.15) is 31.2 Å². The molecule has 1 aliphatic heterocycles. The van der Waals surface area contributed by atoms with Crippen LogP contribution in [-0.4, -0.2) is 24.2 Å². The number of nitro benzene ring substituents is 1. The Labute approximate surface area is 113 Å². The molecular weight excluding hydrogens is 244 g/mol. The monoisotopic (exact) mass is 264 g/mol. The Morgan fingerprint density at radius 1 is 1.37 bits per heavy atom. The molecule has 0 amide bonds. The fourth-order valence-corrected chi connectivity index (χ4v) is 2.29. The maximum absolute atomic E-state index is 10.5. The third kappa shape index (κ3) is 4.61. The first-order chi connectivity index (χ1) is 9.25. The molecule has 5 heteroatoms. The summed E-state index contributed by atoms with van der Waals surface area (Å²) in [4.78, 5) is 10.1. The second-order valence-electron chi connectivity index (χ2n) is 4.88. The van der Waals surface area contributed by atoms with Crippen molar-refractivity contribution in [3.8, 4) is 0 Å². The minimum Gasteiger partial charge on any atom is -0.378 e. The van der Waals surface area contributed by atoms with Crippen molar-refractivity contribution in [3.63, 3.8) is 0 Å². The van der Waals surface area contributed by atoms with E-state index in [9.17, 15) is 10.1 Å². The molecule has 0 aliphatic carbocycles.